The molecule has 1 aliphatic heterocycles. The fourth-order valence-corrected chi connectivity index (χ4v) is 3.73. The molecule has 1 saturated heterocycles. The molecule has 1 fully saturated rings. The van der Waals surface area contributed by atoms with Crippen LogP contribution in [0.2, 0.25) is 0 Å². The van der Waals surface area contributed by atoms with Crippen molar-refractivity contribution < 1.29 is 4.79 Å². The van der Waals surface area contributed by atoms with Gasteiger partial charge in [-0.3, -0.25) is 4.79 Å². The quantitative estimate of drug-likeness (QED) is 0.891. The SMILES string of the molecule is CNc1ccccc1C(=O)N1CC(C)SC(C)C1. The van der Waals surface area contributed by atoms with Crippen molar-refractivity contribution in [3.63, 3.8) is 0 Å². The minimum atomic E-state index is 0.138. The van der Waals surface area contributed by atoms with Gasteiger partial charge in [0.05, 0.1) is 5.56 Å². The molecule has 0 aromatic heterocycles. The average molecular weight is 264 g/mol. The molecule has 4 heteroatoms. The highest BCUT2D eigenvalue weighted by molar-refractivity contribution is 8.00. The van der Waals surface area contributed by atoms with Gasteiger partial charge in [-0.25, -0.2) is 0 Å². The fraction of sp³-hybridized carbons (Fsp3) is 0.500. The maximum Gasteiger partial charge on any atom is 0.256 e. The Morgan fingerprint density at radius 2 is 1.89 bits per heavy atom. The Morgan fingerprint density at radius 3 is 2.50 bits per heavy atom. The maximum atomic E-state index is 12.5. The number of hydrogen-bond acceptors (Lipinski definition) is 3. The van der Waals surface area contributed by atoms with Crippen molar-refractivity contribution in [2.75, 3.05) is 25.5 Å². The lowest BCUT2D eigenvalue weighted by Gasteiger charge is -2.35. The van der Waals surface area contributed by atoms with Crippen LogP contribution in [0.5, 0.6) is 0 Å². The van der Waals surface area contributed by atoms with Crippen LogP contribution >= 0.6 is 11.8 Å². The van der Waals surface area contributed by atoms with Crippen LogP contribution in [0.25, 0.3) is 0 Å². The third-order valence-corrected chi connectivity index (χ3v) is 4.36. The molecule has 98 valence electrons. The Labute approximate surface area is 113 Å². The monoisotopic (exact) mass is 264 g/mol. The maximum absolute atomic E-state index is 12.5. The number of nitrogens with one attached hydrogen (secondary N) is 1. The predicted molar refractivity (Wildman–Crippen MR) is 78.4 cm³/mol. The van der Waals surface area contributed by atoms with Crippen molar-refractivity contribution in [2.24, 2.45) is 0 Å². The van der Waals surface area contributed by atoms with E-state index in [0.29, 0.717) is 10.5 Å². The first-order valence-electron chi connectivity index (χ1n) is 6.33. The van der Waals surface area contributed by atoms with Crippen LogP contribution in [0.4, 0.5) is 5.69 Å². The second-order valence-electron chi connectivity index (χ2n) is 4.76. The molecule has 18 heavy (non-hydrogen) atoms. The normalized spacial score (nSPS) is 23.8. The van der Waals surface area contributed by atoms with E-state index in [4.69, 9.17) is 0 Å². The lowest BCUT2D eigenvalue weighted by molar-refractivity contribution is 0.0754. The number of hydrogen-bond donors (Lipinski definition) is 1. The number of carbonyl (C=O) groups excluding carboxylic acids is 1. The van der Waals surface area contributed by atoms with Crippen molar-refractivity contribution in [3.8, 4) is 0 Å². The molecule has 2 atom stereocenters. The zero-order valence-corrected chi connectivity index (χ0v) is 12.0. The van der Waals surface area contributed by atoms with Gasteiger partial charge in [-0.05, 0) is 12.1 Å². The molecule has 1 aromatic rings. The summed E-state index contributed by atoms with van der Waals surface area (Å²) < 4.78 is 0. The number of carbonyl (C=O) groups is 1. The second-order valence-corrected chi connectivity index (χ2v) is 6.64. The first kappa shape index (κ1) is 13.3. The molecule has 1 heterocycles. The van der Waals surface area contributed by atoms with Crippen LogP contribution in [0.3, 0.4) is 0 Å². The van der Waals surface area contributed by atoms with Crippen LogP contribution in [-0.2, 0) is 0 Å². The number of amides is 1. The highest BCUT2D eigenvalue weighted by Crippen LogP contribution is 2.27. The van der Waals surface area contributed by atoms with Crippen molar-refractivity contribution in [3.05, 3.63) is 29.8 Å². The summed E-state index contributed by atoms with van der Waals surface area (Å²) >= 11 is 1.96. The molecule has 0 spiro atoms. The topological polar surface area (TPSA) is 32.3 Å². The van der Waals surface area contributed by atoms with E-state index in [0.717, 1.165) is 24.3 Å². The van der Waals surface area contributed by atoms with Gasteiger partial charge in [-0.2, -0.15) is 11.8 Å². The largest absolute Gasteiger partial charge is 0.387 e. The molecule has 1 amide bonds. The van der Waals surface area contributed by atoms with Crippen LogP contribution < -0.4 is 5.32 Å². The third kappa shape index (κ3) is 2.80. The van der Waals surface area contributed by atoms with E-state index in [9.17, 15) is 4.79 Å². The first-order chi connectivity index (χ1) is 8.61. The van der Waals surface area contributed by atoms with E-state index in [-0.39, 0.29) is 5.91 Å². The number of para-hydroxylation sites is 1. The molecular formula is C14H20N2OS. The average Bonchev–Trinajstić information content (AvgIpc) is 2.36. The molecule has 1 N–H and O–H groups in total. The standard InChI is InChI=1S/C14H20N2OS/c1-10-8-16(9-11(2)18-10)14(17)12-6-4-5-7-13(12)15-3/h4-7,10-11,15H,8-9H2,1-3H3. The van der Waals surface area contributed by atoms with Gasteiger partial charge in [0, 0.05) is 36.3 Å². The molecule has 3 nitrogen and oxygen atoms in total. The van der Waals surface area contributed by atoms with Gasteiger partial charge in [-0.1, -0.05) is 26.0 Å². The number of anilines is 1. The Balaban J connectivity index is 2.20. The van der Waals surface area contributed by atoms with E-state index >= 15 is 0 Å². The van der Waals surface area contributed by atoms with E-state index < -0.39 is 0 Å². The molecule has 1 aliphatic rings. The zero-order chi connectivity index (χ0) is 13.1. The van der Waals surface area contributed by atoms with E-state index in [2.05, 4.69) is 19.2 Å². The number of rotatable bonds is 2. The summed E-state index contributed by atoms with van der Waals surface area (Å²) in [5.74, 6) is 0.138. The number of thioether (sulfide) groups is 1. The van der Waals surface area contributed by atoms with Gasteiger partial charge in [0.25, 0.3) is 5.91 Å². The molecular weight excluding hydrogens is 244 g/mol. The van der Waals surface area contributed by atoms with E-state index in [1.807, 2.05) is 48.0 Å². The molecule has 2 unspecified atom stereocenters. The molecule has 0 bridgehead atoms. The van der Waals surface area contributed by atoms with Gasteiger partial charge < -0.3 is 10.2 Å². The Hall–Kier alpha value is -1.16. The summed E-state index contributed by atoms with van der Waals surface area (Å²) in [6, 6.07) is 7.70. The van der Waals surface area contributed by atoms with Crippen LogP contribution in [-0.4, -0.2) is 41.4 Å². The van der Waals surface area contributed by atoms with Crippen molar-refractivity contribution in [2.45, 2.75) is 24.3 Å². The lowest BCUT2D eigenvalue weighted by Crippen LogP contribution is -2.44. The van der Waals surface area contributed by atoms with E-state index in [1.165, 1.54) is 0 Å². The van der Waals surface area contributed by atoms with Gasteiger partial charge >= 0.3 is 0 Å². The Kier molecular flexibility index (Phi) is 4.17. The third-order valence-electron chi connectivity index (χ3n) is 3.13. The second kappa shape index (κ2) is 5.65. The van der Waals surface area contributed by atoms with Crippen LogP contribution in [0.1, 0.15) is 24.2 Å². The lowest BCUT2D eigenvalue weighted by atomic mass is 10.1. The summed E-state index contributed by atoms with van der Waals surface area (Å²) in [6.07, 6.45) is 0. The highest BCUT2D eigenvalue weighted by atomic mass is 32.2. The van der Waals surface area contributed by atoms with Gasteiger partial charge in [0.1, 0.15) is 0 Å². The number of nitrogens with zero attached hydrogens (tertiary/aromatic N) is 1. The molecule has 2 rings (SSSR count). The molecule has 1 aromatic carbocycles. The van der Waals surface area contributed by atoms with Crippen LogP contribution in [0, 0.1) is 0 Å². The first-order valence-corrected chi connectivity index (χ1v) is 7.27. The summed E-state index contributed by atoms with van der Waals surface area (Å²) in [6.45, 7) is 6.05. The minimum Gasteiger partial charge on any atom is -0.387 e. The van der Waals surface area contributed by atoms with Crippen LogP contribution in [0.15, 0.2) is 24.3 Å². The molecule has 0 saturated carbocycles. The summed E-state index contributed by atoms with van der Waals surface area (Å²) in [5.41, 5.74) is 1.67. The minimum absolute atomic E-state index is 0.138. The fourth-order valence-electron chi connectivity index (χ4n) is 2.40. The van der Waals surface area contributed by atoms with E-state index in [1.54, 1.807) is 0 Å². The van der Waals surface area contributed by atoms with Crippen molar-refractivity contribution in [1.82, 2.24) is 4.90 Å². The summed E-state index contributed by atoms with van der Waals surface area (Å²) in [4.78, 5) is 14.5. The highest BCUT2D eigenvalue weighted by Gasteiger charge is 2.27. The summed E-state index contributed by atoms with van der Waals surface area (Å²) in [7, 11) is 1.85. The number of benzene rings is 1. The Bertz CT molecular complexity index is 426. The Morgan fingerprint density at radius 1 is 1.28 bits per heavy atom. The summed E-state index contributed by atoms with van der Waals surface area (Å²) in [5, 5.41) is 4.11. The molecule has 0 aliphatic carbocycles. The molecule has 0 radical (unpaired) electrons. The van der Waals surface area contributed by atoms with Crippen molar-refractivity contribution in [1.29, 1.82) is 0 Å². The van der Waals surface area contributed by atoms with Crippen molar-refractivity contribution >= 4 is 23.4 Å². The predicted octanol–water partition coefficient (Wildman–Crippen LogP) is 2.69. The van der Waals surface area contributed by atoms with Gasteiger partial charge in [0.2, 0.25) is 0 Å². The smallest absolute Gasteiger partial charge is 0.256 e. The zero-order valence-electron chi connectivity index (χ0n) is 11.1. The van der Waals surface area contributed by atoms with Gasteiger partial charge in [0.15, 0.2) is 0 Å². The van der Waals surface area contributed by atoms with Gasteiger partial charge in [-0.15, -0.1) is 0 Å².